The fourth-order valence-electron chi connectivity index (χ4n) is 1.75. The number of tetrazole rings is 1. The standard InChI is InChI=1S/C10H16N4O3/c1-3-17-9(15)6-13-10(16)14(12-11-13)7(2)8-4-5-8/h7-8H,3-6H2,1-2H3. The maximum Gasteiger partial charge on any atom is 0.364 e. The molecule has 1 aliphatic carbocycles. The lowest BCUT2D eigenvalue weighted by Crippen LogP contribution is -2.30. The van der Waals surface area contributed by atoms with Gasteiger partial charge in [-0.2, -0.15) is 9.36 Å². The molecule has 1 saturated carbocycles. The highest BCUT2D eigenvalue weighted by molar-refractivity contribution is 5.68. The fourth-order valence-corrected chi connectivity index (χ4v) is 1.75. The number of hydrogen-bond acceptors (Lipinski definition) is 5. The molecule has 0 aromatic carbocycles. The van der Waals surface area contributed by atoms with Crippen molar-refractivity contribution in [3.63, 3.8) is 0 Å². The van der Waals surface area contributed by atoms with Gasteiger partial charge < -0.3 is 4.74 Å². The molecular formula is C10H16N4O3. The van der Waals surface area contributed by atoms with E-state index in [9.17, 15) is 9.59 Å². The predicted octanol–water partition coefficient (Wildman–Crippen LogP) is -0.0261. The van der Waals surface area contributed by atoms with Crippen molar-refractivity contribution in [3.05, 3.63) is 10.5 Å². The monoisotopic (exact) mass is 240 g/mol. The number of nitrogens with zero attached hydrogens (tertiary/aromatic N) is 4. The molecule has 1 unspecified atom stereocenters. The number of ether oxygens (including phenoxy) is 1. The van der Waals surface area contributed by atoms with Crippen LogP contribution in [0.15, 0.2) is 4.79 Å². The van der Waals surface area contributed by atoms with E-state index in [0.29, 0.717) is 12.5 Å². The van der Waals surface area contributed by atoms with E-state index in [-0.39, 0.29) is 18.3 Å². The van der Waals surface area contributed by atoms with Gasteiger partial charge >= 0.3 is 11.7 Å². The van der Waals surface area contributed by atoms with Crippen molar-refractivity contribution in [1.82, 2.24) is 19.8 Å². The molecule has 1 aromatic heterocycles. The smallest absolute Gasteiger partial charge is 0.364 e. The minimum absolute atomic E-state index is 0.0541. The first-order chi connectivity index (χ1) is 8.13. The Labute approximate surface area is 98.3 Å². The van der Waals surface area contributed by atoms with E-state index in [4.69, 9.17) is 4.74 Å². The number of carbonyl (C=O) groups excluding carboxylic acids is 1. The third-order valence-corrected chi connectivity index (χ3v) is 2.94. The highest BCUT2D eigenvalue weighted by Gasteiger charge is 2.31. The van der Waals surface area contributed by atoms with Crippen molar-refractivity contribution in [2.24, 2.45) is 5.92 Å². The Hall–Kier alpha value is -1.66. The van der Waals surface area contributed by atoms with Gasteiger partial charge in [-0.1, -0.05) is 0 Å². The molecular weight excluding hydrogens is 224 g/mol. The Balaban J connectivity index is 2.09. The molecule has 0 N–H and O–H groups in total. The van der Waals surface area contributed by atoms with Crippen LogP contribution in [-0.4, -0.2) is 32.4 Å². The largest absolute Gasteiger partial charge is 0.465 e. The average Bonchev–Trinajstić information content (AvgIpc) is 3.06. The van der Waals surface area contributed by atoms with Gasteiger partial charge in [-0.3, -0.25) is 4.79 Å². The first kappa shape index (κ1) is 11.8. The summed E-state index contributed by atoms with van der Waals surface area (Å²) >= 11 is 0. The van der Waals surface area contributed by atoms with E-state index < -0.39 is 5.97 Å². The minimum atomic E-state index is -0.472. The molecule has 7 nitrogen and oxygen atoms in total. The number of aromatic nitrogens is 4. The van der Waals surface area contributed by atoms with Crippen LogP contribution in [-0.2, 0) is 16.1 Å². The van der Waals surface area contributed by atoms with Gasteiger partial charge in [-0.25, -0.2) is 4.79 Å². The van der Waals surface area contributed by atoms with Crippen LogP contribution < -0.4 is 5.69 Å². The number of carbonyl (C=O) groups is 1. The lowest BCUT2D eigenvalue weighted by atomic mass is 10.2. The Morgan fingerprint density at radius 2 is 2.24 bits per heavy atom. The summed E-state index contributed by atoms with van der Waals surface area (Å²) in [6.45, 7) is 3.78. The zero-order valence-corrected chi connectivity index (χ0v) is 10.00. The van der Waals surface area contributed by atoms with Gasteiger partial charge in [-0.05, 0) is 43.0 Å². The Kier molecular flexibility index (Phi) is 3.26. The minimum Gasteiger partial charge on any atom is -0.465 e. The Morgan fingerprint density at radius 3 is 2.82 bits per heavy atom. The molecule has 94 valence electrons. The molecule has 0 amide bonds. The summed E-state index contributed by atoms with van der Waals surface area (Å²) < 4.78 is 7.14. The van der Waals surface area contributed by atoms with Gasteiger partial charge in [0.05, 0.1) is 12.6 Å². The van der Waals surface area contributed by atoms with Gasteiger partial charge in [0, 0.05) is 0 Å². The molecule has 0 spiro atoms. The van der Waals surface area contributed by atoms with Crippen molar-refractivity contribution >= 4 is 5.97 Å². The third kappa shape index (κ3) is 2.54. The molecule has 0 bridgehead atoms. The summed E-state index contributed by atoms with van der Waals surface area (Å²) in [5.41, 5.74) is -0.350. The van der Waals surface area contributed by atoms with Crippen LogP contribution in [0, 0.1) is 5.92 Å². The fraction of sp³-hybridized carbons (Fsp3) is 0.800. The van der Waals surface area contributed by atoms with E-state index in [2.05, 4.69) is 10.4 Å². The van der Waals surface area contributed by atoms with Gasteiger partial charge in [0.2, 0.25) is 0 Å². The average molecular weight is 240 g/mol. The van der Waals surface area contributed by atoms with Crippen molar-refractivity contribution in [1.29, 1.82) is 0 Å². The topological polar surface area (TPSA) is 79.0 Å². The first-order valence-electron chi connectivity index (χ1n) is 5.81. The van der Waals surface area contributed by atoms with Crippen LogP contribution in [0.2, 0.25) is 0 Å². The van der Waals surface area contributed by atoms with Crippen LogP contribution in [0.1, 0.15) is 32.7 Å². The van der Waals surface area contributed by atoms with Crippen molar-refractivity contribution in [2.45, 2.75) is 39.3 Å². The number of hydrogen-bond donors (Lipinski definition) is 0. The van der Waals surface area contributed by atoms with Gasteiger partial charge in [0.15, 0.2) is 0 Å². The summed E-state index contributed by atoms with van der Waals surface area (Å²) in [5.74, 6) is 0.0427. The summed E-state index contributed by atoms with van der Waals surface area (Å²) in [6.07, 6.45) is 2.25. The summed E-state index contributed by atoms with van der Waals surface area (Å²) in [7, 11) is 0. The second-order valence-corrected chi connectivity index (χ2v) is 4.25. The highest BCUT2D eigenvalue weighted by atomic mass is 16.5. The van der Waals surface area contributed by atoms with E-state index in [1.807, 2.05) is 6.92 Å². The normalized spacial score (nSPS) is 16.8. The van der Waals surface area contributed by atoms with E-state index in [0.717, 1.165) is 17.5 Å². The van der Waals surface area contributed by atoms with Crippen LogP contribution in [0.4, 0.5) is 0 Å². The van der Waals surface area contributed by atoms with Crippen molar-refractivity contribution in [2.75, 3.05) is 6.61 Å². The second kappa shape index (κ2) is 4.68. The zero-order chi connectivity index (χ0) is 12.4. The third-order valence-electron chi connectivity index (χ3n) is 2.94. The van der Waals surface area contributed by atoms with Crippen LogP contribution in [0.25, 0.3) is 0 Å². The Morgan fingerprint density at radius 1 is 1.53 bits per heavy atom. The van der Waals surface area contributed by atoms with Crippen molar-refractivity contribution < 1.29 is 9.53 Å². The van der Waals surface area contributed by atoms with Crippen LogP contribution >= 0.6 is 0 Å². The molecule has 1 heterocycles. The second-order valence-electron chi connectivity index (χ2n) is 4.25. The van der Waals surface area contributed by atoms with Gasteiger partial charge in [0.1, 0.15) is 6.54 Å². The Bertz CT molecular complexity index is 460. The van der Waals surface area contributed by atoms with Crippen molar-refractivity contribution in [3.8, 4) is 0 Å². The predicted molar refractivity (Wildman–Crippen MR) is 58.4 cm³/mol. The van der Waals surface area contributed by atoms with Gasteiger partial charge in [-0.15, -0.1) is 0 Å². The molecule has 2 rings (SSSR count). The molecule has 0 radical (unpaired) electrons. The highest BCUT2D eigenvalue weighted by Crippen LogP contribution is 2.38. The summed E-state index contributed by atoms with van der Waals surface area (Å²) in [4.78, 5) is 23.1. The first-order valence-corrected chi connectivity index (χ1v) is 5.81. The van der Waals surface area contributed by atoms with Crippen LogP contribution in [0.5, 0.6) is 0 Å². The molecule has 17 heavy (non-hydrogen) atoms. The van der Waals surface area contributed by atoms with Crippen LogP contribution in [0.3, 0.4) is 0 Å². The maximum atomic E-state index is 11.9. The quantitative estimate of drug-likeness (QED) is 0.675. The van der Waals surface area contributed by atoms with E-state index in [1.165, 1.54) is 4.68 Å². The molecule has 0 saturated heterocycles. The molecule has 7 heteroatoms. The lowest BCUT2D eigenvalue weighted by Gasteiger charge is -2.06. The zero-order valence-electron chi connectivity index (χ0n) is 10.00. The summed E-state index contributed by atoms with van der Waals surface area (Å²) in [5, 5.41) is 7.48. The molecule has 1 aliphatic rings. The number of esters is 1. The van der Waals surface area contributed by atoms with E-state index in [1.54, 1.807) is 6.92 Å². The molecule has 0 aliphatic heterocycles. The summed E-state index contributed by atoms with van der Waals surface area (Å²) in [6, 6.07) is 0.0541. The SMILES string of the molecule is CCOC(=O)Cn1nnn(C(C)C2CC2)c1=O. The maximum absolute atomic E-state index is 11.9. The molecule has 1 atom stereocenters. The van der Waals surface area contributed by atoms with Gasteiger partial charge in [0.25, 0.3) is 0 Å². The molecule has 1 aromatic rings. The number of rotatable bonds is 5. The lowest BCUT2D eigenvalue weighted by molar-refractivity contribution is -0.144. The van der Waals surface area contributed by atoms with E-state index >= 15 is 0 Å². The molecule has 1 fully saturated rings.